The summed E-state index contributed by atoms with van der Waals surface area (Å²) in [5.41, 5.74) is 6.44. The number of carbonyl (C=O) groups excluding carboxylic acids is 2. The highest BCUT2D eigenvalue weighted by atomic mass is 35.5. The van der Waals surface area contributed by atoms with E-state index in [-0.39, 0.29) is 17.2 Å². The minimum atomic E-state index is -0.250. The Labute approximate surface area is 147 Å². The second-order valence-corrected chi connectivity index (χ2v) is 7.55. The van der Waals surface area contributed by atoms with E-state index in [1.165, 1.54) is 0 Å². The van der Waals surface area contributed by atoms with Gasteiger partial charge in [0, 0.05) is 37.5 Å². The van der Waals surface area contributed by atoms with E-state index in [2.05, 4.69) is 4.90 Å². The molecule has 130 valence electrons. The summed E-state index contributed by atoms with van der Waals surface area (Å²) in [5.74, 6) is -0.00370. The first-order valence-corrected chi connectivity index (χ1v) is 8.86. The molecule has 0 bridgehead atoms. The third-order valence-electron chi connectivity index (χ3n) is 5.28. The first kappa shape index (κ1) is 17.2. The number of nitrogens with two attached hydrogens (primary N) is 1. The van der Waals surface area contributed by atoms with Crippen LogP contribution in [0.2, 0.25) is 5.02 Å². The lowest BCUT2D eigenvalue weighted by molar-refractivity contribution is -0.128. The lowest BCUT2D eigenvalue weighted by Gasteiger charge is -2.38. The number of amides is 2. The highest BCUT2D eigenvalue weighted by Crippen LogP contribution is 2.41. The summed E-state index contributed by atoms with van der Waals surface area (Å²) < 4.78 is 0. The van der Waals surface area contributed by atoms with Gasteiger partial charge in [-0.1, -0.05) is 23.7 Å². The monoisotopic (exact) mass is 349 g/mol. The second kappa shape index (κ2) is 7.11. The molecule has 3 rings (SSSR count). The fourth-order valence-electron chi connectivity index (χ4n) is 3.79. The normalized spacial score (nSPS) is 20.7. The molecule has 2 aliphatic heterocycles. The molecular formula is C18H24ClN3O2. The molecule has 0 unspecified atom stereocenters. The van der Waals surface area contributed by atoms with Gasteiger partial charge in [0.15, 0.2) is 0 Å². The van der Waals surface area contributed by atoms with Crippen molar-refractivity contribution < 1.29 is 9.59 Å². The minimum absolute atomic E-state index is 0.104. The Morgan fingerprint density at radius 1 is 1.21 bits per heavy atom. The van der Waals surface area contributed by atoms with Gasteiger partial charge in [0.05, 0.1) is 0 Å². The third-order valence-corrected chi connectivity index (χ3v) is 5.54. The zero-order valence-electron chi connectivity index (χ0n) is 13.8. The molecular weight excluding hydrogens is 326 g/mol. The van der Waals surface area contributed by atoms with Gasteiger partial charge in [0.25, 0.3) is 0 Å². The van der Waals surface area contributed by atoms with Crippen LogP contribution in [0.5, 0.6) is 0 Å². The first-order valence-electron chi connectivity index (χ1n) is 8.49. The number of likely N-dealkylation sites (tertiary alicyclic amines) is 2. The standard InChI is InChI=1S/C18H24ClN3O2/c19-15-3-1-14(2-4-15)12-22-13-18(11-17(22)24)6-9-21(10-7-18)8-5-16(20)23/h1-4H,5-13H2,(H2,20,23). The van der Waals surface area contributed by atoms with Gasteiger partial charge < -0.3 is 15.5 Å². The summed E-state index contributed by atoms with van der Waals surface area (Å²) in [6.07, 6.45) is 3.07. The number of rotatable bonds is 5. The van der Waals surface area contributed by atoms with Gasteiger partial charge in [-0.15, -0.1) is 0 Å². The van der Waals surface area contributed by atoms with E-state index in [4.69, 9.17) is 17.3 Å². The maximum atomic E-state index is 12.4. The van der Waals surface area contributed by atoms with E-state index < -0.39 is 0 Å². The van der Waals surface area contributed by atoms with Crippen LogP contribution in [0.25, 0.3) is 0 Å². The Balaban J connectivity index is 1.55. The van der Waals surface area contributed by atoms with Crippen molar-refractivity contribution in [2.24, 2.45) is 11.1 Å². The Morgan fingerprint density at radius 2 is 1.88 bits per heavy atom. The van der Waals surface area contributed by atoms with Gasteiger partial charge in [-0.05, 0) is 49.0 Å². The van der Waals surface area contributed by atoms with E-state index in [9.17, 15) is 9.59 Å². The fourth-order valence-corrected chi connectivity index (χ4v) is 3.92. The molecule has 2 N–H and O–H groups in total. The van der Waals surface area contributed by atoms with Gasteiger partial charge in [-0.2, -0.15) is 0 Å². The average Bonchev–Trinajstić information content (AvgIpc) is 2.84. The van der Waals surface area contributed by atoms with E-state index in [1.54, 1.807) is 0 Å². The van der Waals surface area contributed by atoms with Crippen LogP contribution in [0.1, 0.15) is 31.2 Å². The predicted octanol–water partition coefficient (Wildman–Crippen LogP) is 2.03. The largest absolute Gasteiger partial charge is 0.370 e. The molecule has 2 saturated heterocycles. The minimum Gasteiger partial charge on any atom is -0.370 e. The molecule has 1 aromatic carbocycles. The summed E-state index contributed by atoms with van der Waals surface area (Å²) in [5, 5.41) is 0.714. The molecule has 2 fully saturated rings. The topological polar surface area (TPSA) is 66.6 Å². The molecule has 1 aromatic rings. The number of halogens is 1. The number of primary amides is 1. The van der Waals surface area contributed by atoms with E-state index in [0.29, 0.717) is 24.4 Å². The van der Waals surface area contributed by atoms with Crippen molar-refractivity contribution in [3.63, 3.8) is 0 Å². The molecule has 1 spiro atoms. The highest BCUT2D eigenvalue weighted by Gasteiger charge is 2.44. The van der Waals surface area contributed by atoms with Crippen molar-refractivity contribution in [3.05, 3.63) is 34.9 Å². The molecule has 0 radical (unpaired) electrons. The smallest absolute Gasteiger partial charge is 0.223 e. The first-order chi connectivity index (χ1) is 11.5. The van der Waals surface area contributed by atoms with Crippen LogP contribution in [-0.2, 0) is 16.1 Å². The van der Waals surface area contributed by atoms with Crippen molar-refractivity contribution in [2.75, 3.05) is 26.2 Å². The third kappa shape index (κ3) is 4.08. The number of carbonyl (C=O) groups is 2. The number of piperidine rings is 1. The Bertz CT molecular complexity index is 609. The molecule has 0 aliphatic carbocycles. The van der Waals surface area contributed by atoms with E-state index >= 15 is 0 Å². The van der Waals surface area contributed by atoms with Crippen molar-refractivity contribution in [3.8, 4) is 0 Å². The van der Waals surface area contributed by atoms with Crippen LogP contribution in [-0.4, -0.2) is 47.8 Å². The van der Waals surface area contributed by atoms with Gasteiger partial charge in [0.2, 0.25) is 11.8 Å². The van der Waals surface area contributed by atoms with Crippen molar-refractivity contribution in [1.82, 2.24) is 9.80 Å². The molecule has 24 heavy (non-hydrogen) atoms. The van der Waals surface area contributed by atoms with E-state index in [1.807, 2.05) is 29.2 Å². The molecule has 0 aromatic heterocycles. The lowest BCUT2D eigenvalue weighted by Crippen LogP contribution is -2.42. The van der Waals surface area contributed by atoms with Gasteiger partial charge in [-0.3, -0.25) is 9.59 Å². The molecule has 2 heterocycles. The second-order valence-electron chi connectivity index (χ2n) is 7.11. The number of nitrogens with zero attached hydrogens (tertiary/aromatic N) is 2. The molecule has 0 saturated carbocycles. The summed E-state index contributed by atoms with van der Waals surface area (Å²) >= 11 is 5.92. The number of hydrogen-bond acceptors (Lipinski definition) is 3. The van der Waals surface area contributed by atoms with Gasteiger partial charge >= 0.3 is 0 Å². The summed E-state index contributed by atoms with van der Waals surface area (Å²) in [7, 11) is 0. The fraction of sp³-hybridized carbons (Fsp3) is 0.556. The summed E-state index contributed by atoms with van der Waals surface area (Å²) in [6, 6.07) is 7.69. The van der Waals surface area contributed by atoms with Crippen LogP contribution in [0, 0.1) is 5.41 Å². The van der Waals surface area contributed by atoms with Crippen molar-refractivity contribution >= 4 is 23.4 Å². The number of hydrogen-bond donors (Lipinski definition) is 1. The van der Waals surface area contributed by atoms with Gasteiger partial charge in [0.1, 0.15) is 0 Å². The Hall–Kier alpha value is -1.59. The molecule has 2 aliphatic rings. The van der Waals surface area contributed by atoms with Crippen LogP contribution in [0.15, 0.2) is 24.3 Å². The zero-order chi connectivity index (χ0) is 17.2. The quantitative estimate of drug-likeness (QED) is 0.884. The maximum absolute atomic E-state index is 12.4. The SMILES string of the molecule is NC(=O)CCN1CCC2(CC1)CC(=O)N(Cc1ccc(Cl)cc1)C2. The van der Waals surface area contributed by atoms with Crippen LogP contribution < -0.4 is 5.73 Å². The number of benzene rings is 1. The molecule has 6 heteroatoms. The predicted molar refractivity (Wildman–Crippen MR) is 93.4 cm³/mol. The maximum Gasteiger partial charge on any atom is 0.223 e. The summed E-state index contributed by atoms with van der Waals surface area (Å²) in [4.78, 5) is 27.6. The molecule has 0 atom stereocenters. The van der Waals surface area contributed by atoms with Crippen molar-refractivity contribution in [2.45, 2.75) is 32.2 Å². The van der Waals surface area contributed by atoms with Gasteiger partial charge in [-0.25, -0.2) is 0 Å². The summed E-state index contributed by atoms with van der Waals surface area (Å²) in [6.45, 7) is 4.10. The molecule has 2 amide bonds. The zero-order valence-corrected chi connectivity index (χ0v) is 14.6. The van der Waals surface area contributed by atoms with E-state index in [0.717, 1.165) is 44.6 Å². The highest BCUT2D eigenvalue weighted by molar-refractivity contribution is 6.30. The van der Waals surface area contributed by atoms with Crippen LogP contribution in [0.4, 0.5) is 0 Å². The van der Waals surface area contributed by atoms with Crippen LogP contribution >= 0.6 is 11.6 Å². The Kier molecular flexibility index (Phi) is 5.11. The van der Waals surface area contributed by atoms with Crippen molar-refractivity contribution in [1.29, 1.82) is 0 Å². The lowest BCUT2D eigenvalue weighted by atomic mass is 9.77. The van der Waals surface area contributed by atoms with Crippen LogP contribution in [0.3, 0.4) is 0 Å². The Morgan fingerprint density at radius 3 is 2.50 bits per heavy atom. The molecule has 5 nitrogen and oxygen atoms in total. The average molecular weight is 350 g/mol.